The van der Waals surface area contributed by atoms with Gasteiger partial charge >= 0.3 is 18.0 Å². The highest BCUT2D eigenvalue weighted by Crippen LogP contribution is 2.24. The van der Waals surface area contributed by atoms with Crippen LogP contribution in [0.4, 0.5) is 4.79 Å². The number of nitrogens with zero attached hydrogens (tertiary/aromatic N) is 4. The van der Waals surface area contributed by atoms with Crippen LogP contribution in [0, 0.1) is 0 Å². The standard InChI is InChI=1S/C18H33N5O6/c1-17(2,3)23(16(27)29-18(4,5)6)13(14(24)25)9-7-8-12(19)15(26)28-11-10-21-22-20/h12-13H,7-11,19H2,1-6H3,(H,24,25)/t12?,13-/m0/s1. The van der Waals surface area contributed by atoms with Crippen molar-refractivity contribution in [3.63, 3.8) is 0 Å². The van der Waals surface area contributed by atoms with Gasteiger partial charge in [0.05, 0.1) is 13.2 Å². The van der Waals surface area contributed by atoms with Crippen LogP contribution in [0.2, 0.25) is 0 Å². The normalized spacial score (nSPS) is 13.6. The lowest BCUT2D eigenvalue weighted by Gasteiger charge is -2.40. The highest BCUT2D eigenvalue weighted by Gasteiger charge is 2.39. The number of carbonyl (C=O) groups excluding carboxylic acids is 2. The van der Waals surface area contributed by atoms with Gasteiger partial charge in [-0.3, -0.25) is 9.69 Å². The number of nitrogens with two attached hydrogens (primary N) is 1. The first kappa shape index (κ1) is 26.5. The Morgan fingerprint density at radius 1 is 1.17 bits per heavy atom. The van der Waals surface area contributed by atoms with Crippen LogP contribution in [-0.4, -0.2) is 64.4 Å². The van der Waals surface area contributed by atoms with Gasteiger partial charge in [-0.05, 0) is 66.3 Å². The molecular weight excluding hydrogens is 382 g/mol. The van der Waals surface area contributed by atoms with Crippen molar-refractivity contribution in [3.05, 3.63) is 10.4 Å². The van der Waals surface area contributed by atoms with Crippen molar-refractivity contribution in [1.82, 2.24) is 4.90 Å². The average Bonchev–Trinajstić information content (AvgIpc) is 2.54. The molecule has 0 aromatic carbocycles. The van der Waals surface area contributed by atoms with Crippen LogP contribution in [0.25, 0.3) is 10.4 Å². The largest absolute Gasteiger partial charge is 0.480 e. The second-order valence-corrected chi connectivity index (χ2v) is 8.53. The molecule has 0 aromatic rings. The van der Waals surface area contributed by atoms with Crippen molar-refractivity contribution in [3.8, 4) is 0 Å². The Hall–Kier alpha value is -2.52. The second-order valence-electron chi connectivity index (χ2n) is 8.53. The Morgan fingerprint density at radius 3 is 2.21 bits per heavy atom. The van der Waals surface area contributed by atoms with E-state index in [-0.39, 0.29) is 32.4 Å². The molecule has 29 heavy (non-hydrogen) atoms. The predicted molar refractivity (Wildman–Crippen MR) is 106 cm³/mol. The van der Waals surface area contributed by atoms with E-state index < -0.39 is 41.3 Å². The fourth-order valence-corrected chi connectivity index (χ4v) is 2.53. The number of carboxylic acid groups (broad SMARTS) is 1. The van der Waals surface area contributed by atoms with E-state index in [1.807, 2.05) is 0 Å². The molecule has 2 atom stereocenters. The summed E-state index contributed by atoms with van der Waals surface area (Å²) in [7, 11) is 0. The van der Waals surface area contributed by atoms with E-state index >= 15 is 0 Å². The van der Waals surface area contributed by atoms with Gasteiger partial charge in [0, 0.05) is 10.5 Å². The summed E-state index contributed by atoms with van der Waals surface area (Å²) in [6.07, 6.45) is -0.180. The molecule has 1 amide bonds. The topological polar surface area (TPSA) is 168 Å². The van der Waals surface area contributed by atoms with Gasteiger partial charge in [0.2, 0.25) is 0 Å². The SMILES string of the molecule is CC(C)(C)OC(=O)N([C@@H](CCCC(N)C(=O)OCCN=[N+]=[N-])C(=O)O)C(C)(C)C. The average molecular weight is 415 g/mol. The lowest BCUT2D eigenvalue weighted by Crippen LogP contribution is -2.56. The number of esters is 1. The quantitative estimate of drug-likeness (QED) is 0.182. The van der Waals surface area contributed by atoms with E-state index in [0.29, 0.717) is 0 Å². The highest BCUT2D eigenvalue weighted by molar-refractivity contribution is 5.81. The molecule has 0 saturated carbocycles. The van der Waals surface area contributed by atoms with Crippen molar-refractivity contribution in [2.45, 2.75) is 84.0 Å². The van der Waals surface area contributed by atoms with Gasteiger partial charge in [0.25, 0.3) is 0 Å². The van der Waals surface area contributed by atoms with Gasteiger partial charge in [0.1, 0.15) is 17.7 Å². The van der Waals surface area contributed by atoms with Gasteiger partial charge in [-0.2, -0.15) is 0 Å². The molecule has 0 saturated heterocycles. The van der Waals surface area contributed by atoms with Gasteiger partial charge in [-0.25, -0.2) is 9.59 Å². The molecule has 3 N–H and O–H groups in total. The summed E-state index contributed by atoms with van der Waals surface area (Å²) in [5.41, 5.74) is 12.4. The number of aliphatic carboxylic acids is 1. The molecule has 0 bridgehead atoms. The fraction of sp³-hybridized carbons (Fsp3) is 0.833. The molecule has 166 valence electrons. The summed E-state index contributed by atoms with van der Waals surface area (Å²) in [5.74, 6) is -1.83. The van der Waals surface area contributed by atoms with Crippen molar-refractivity contribution >= 4 is 18.0 Å². The van der Waals surface area contributed by atoms with Crippen molar-refractivity contribution in [1.29, 1.82) is 0 Å². The maximum Gasteiger partial charge on any atom is 0.411 e. The van der Waals surface area contributed by atoms with Crippen LogP contribution >= 0.6 is 0 Å². The van der Waals surface area contributed by atoms with E-state index in [9.17, 15) is 19.5 Å². The maximum absolute atomic E-state index is 12.6. The number of carbonyl (C=O) groups is 3. The van der Waals surface area contributed by atoms with Crippen LogP contribution in [0.1, 0.15) is 60.8 Å². The van der Waals surface area contributed by atoms with Crippen LogP contribution in [0.3, 0.4) is 0 Å². The number of rotatable bonds is 10. The van der Waals surface area contributed by atoms with E-state index in [4.69, 9.17) is 20.7 Å². The second kappa shape index (κ2) is 11.5. The van der Waals surface area contributed by atoms with Gasteiger partial charge in [-0.1, -0.05) is 5.11 Å². The van der Waals surface area contributed by atoms with Gasteiger partial charge < -0.3 is 20.3 Å². The Kier molecular flexibility index (Phi) is 10.5. The minimum atomic E-state index is -1.17. The Morgan fingerprint density at radius 2 is 1.76 bits per heavy atom. The molecule has 0 radical (unpaired) electrons. The molecule has 11 nitrogen and oxygen atoms in total. The number of hydrogen-bond acceptors (Lipinski definition) is 7. The summed E-state index contributed by atoms with van der Waals surface area (Å²) < 4.78 is 10.3. The molecule has 0 heterocycles. The third kappa shape index (κ3) is 10.6. The zero-order valence-corrected chi connectivity index (χ0v) is 18.0. The zero-order valence-electron chi connectivity index (χ0n) is 18.0. The van der Waals surface area contributed by atoms with Crippen molar-refractivity contribution < 1.29 is 29.0 Å². The molecule has 0 rings (SSSR count). The fourth-order valence-electron chi connectivity index (χ4n) is 2.53. The molecule has 0 fully saturated rings. The van der Waals surface area contributed by atoms with E-state index in [2.05, 4.69) is 10.0 Å². The summed E-state index contributed by atoms with van der Waals surface area (Å²) in [6.45, 7) is 10.2. The van der Waals surface area contributed by atoms with Crippen LogP contribution in [0.5, 0.6) is 0 Å². The Balaban J connectivity index is 5.01. The van der Waals surface area contributed by atoms with Crippen LogP contribution in [-0.2, 0) is 19.1 Å². The Labute approximate surface area is 171 Å². The number of carboxylic acids is 1. The minimum absolute atomic E-state index is 0.00643. The molecule has 0 aliphatic heterocycles. The van der Waals surface area contributed by atoms with E-state index in [0.717, 1.165) is 0 Å². The zero-order chi connectivity index (χ0) is 22.8. The monoisotopic (exact) mass is 415 g/mol. The predicted octanol–water partition coefficient (Wildman–Crippen LogP) is 2.83. The third-order valence-electron chi connectivity index (χ3n) is 3.70. The van der Waals surface area contributed by atoms with E-state index in [1.54, 1.807) is 41.5 Å². The molecule has 0 spiro atoms. The summed E-state index contributed by atoms with van der Waals surface area (Å²) in [4.78, 5) is 40.0. The van der Waals surface area contributed by atoms with E-state index in [1.165, 1.54) is 4.90 Å². The smallest absolute Gasteiger partial charge is 0.411 e. The highest BCUT2D eigenvalue weighted by atomic mass is 16.6. The van der Waals surface area contributed by atoms with Crippen LogP contribution in [0.15, 0.2) is 5.11 Å². The first-order valence-electron chi connectivity index (χ1n) is 9.39. The van der Waals surface area contributed by atoms with Crippen molar-refractivity contribution in [2.75, 3.05) is 13.2 Å². The number of azide groups is 1. The Bertz CT molecular complexity index is 619. The van der Waals surface area contributed by atoms with Crippen LogP contribution < -0.4 is 5.73 Å². The molecule has 11 heteroatoms. The van der Waals surface area contributed by atoms with Gasteiger partial charge in [0.15, 0.2) is 0 Å². The summed E-state index contributed by atoms with van der Waals surface area (Å²) >= 11 is 0. The van der Waals surface area contributed by atoms with Crippen molar-refractivity contribution in [2.24, 2.45) is 10.8 Å². The lowest BCUT2D eigenvalue weighted by molar-refractivity contribution is -0.145. The number of amides is 1. The van der Waals surface area contributed by atoms with Gasteiger partial charge in [-0.15, -0.1) is 0 Å². The number of hydrogen-bond donors (Lipinski definition) is 2. The third-order valence-corrected chi connectivity index (χ3v) is 3.70. The lowest BCUT2D eigenvalue weighted by atomic mass is 9.99. The molecule has 0 aliphatic carbocycles. The molecule has 1 unspecified atom stereocenters. The summed E-state index contributed by atoms with van der Waals surface area (Å²) in [5, 5.41) is 12.9. The summed E-state index contributed by atoms with van der Waals surface area (Å²) in [6, 6.07) is -2.09. The first-order chi connectivity index (χ1) is 13.2. The number of ether oxygens (including phenoxy) is 2. The first-order valence-corrected chi connectivity index (χ1v) is 9.39. The maximum atomic E-state index is 12.6. The molecule has 0 aromatic heterocycles. The molecular formula is C18H33N5O6. The minimum Gasteiger partial charge on any atom is -0.480 e. The molecule has 0 aliphatic rings.